The molecule has 5 N–H and O–H groups in total. The quantitative estimate of drug-likeness (QED) is 0.502. The molecular formula is C6H8N2U. The third-order valence-corrected chi connectivity index (χ3v) is 0.888. The summed E-state index contributed by atoms with van der Waals surface area (Å²) in [5, 5.41) is 0. The zero-order valence-corrected chi connectivity index (χ0v) is 9.18. The molecular weight excluding hydrogens is 338 g/mol. The minimum absolute atomic E-state index is 0. The monoisotopic (exact) mass is 346 g/mol. The topological polar surface area (TPSA) is 53.7 Å². The summed E-state index contributed by atoms with van der Waals surface area (Å²) in [5.74, 6) is 0. The average molecular weight is 346 g/mol. The first-order chi connectivity index (χ1) is 3.79. The molecule has 0 aliphatic carbocycles. The van der Waals surface area contributed by atoms with Crippen LogP contribution in [-0.2, 0) is 0 Å². The van der Waals surface area contributed by atoms with Crippen molar-refractivity contribution in [2.75, 3.05) is 5.73 Å². The smallest absolute Gasteiger partial charge is 0.0216 e. The summed E-state index contributed by atoms with van der Waals surface area (Å²) in [6.07, 6.45) is 0. The molecule has 0 bridgehead atoms. The molecule has 1 aromatic rings. The van der Waals surface area contributed by atoms with Gasteiger partial charge in [0.15, 0.2) is 0 Å². The van der Waals surface area contributed by atoms with Crippen molar-refractivity contribution in [3.05, 3.63) is 24.3 Å². The molecule has 0 atom stereocenters. The van der Waals surface area contributed by atoms with Crippen LogP contribution in [0.5, 0.6) is 0 Å². The molecule has 9 heavy (non-hydrogen) atoms. The zero-order valence-electron chi connectivity index (χ0n) is 5.02. The molecule has 0 saturated heterocycles. The van der Waals surface area contributed by atoms with Crippen molar-refractivity contribution in [1.29, 1.82) is 0 Å². The SMILES string of the molecule is Nc1[c-]ccc([NH3+])c1.[U]. The van der Waals surface area contributed by atoms with Crippen molar-refractivity contribution >= 4 is 11.4 Å². The van der Waals surface area contributed by atoms with Gasteiger partial charge in [0.2, 0.25) is 0 Å². The molecule has 0 heterocycles. The van der Waals surface area contributed by atoms with Gasteiger partial charge in [-0.2, -0.15) is 12.1 Å². The van der Waals surface area contributed by atoms with Crippen molar-refractivity contribution in [2.45, 2.75) is 0 Å². The Hall–Kier alpha value is 0.0319. The van der Waals surface area contributed by atoms with Crippen LogP contribution in [0.4, 0.5) is 11.4 Å². The molecule has 3 heteroatoms. The van der Waals surface area contributed by atoms with Gasteiger partial charge in [0.1, 0.15) is 0 Å². The summed E-state index contributed by atoms with van der Waals surface area (Å²) in [6.45, 7) is 0. The Balaban J connectivity index is 0.000000640. The van der Waals surface area contributed by atoms with E-state index in [1.807, 2.05) is 6.07 Å². The van der Waals surface area contributed by atoms with Gasteiger partial charge in [-0.1, -0.05) is 11.8 Å². The van der Waals surface area contributed by atoms with Gasteiger partial charge in [-0.05, 0) is 0 Å². The molecule has 0 aliphatic heterocycles. The molecule has 0 aromatic heterocycles. The average Bonchev–Trinajstić information content (AvgIpc) is 1.64. The van der Waals surface area contributed by atoms with Crippen LogP contribution < -0.4 is 11.5 Å². The van der Waals surface area contributed by atoms with E-state index in [1.54, 1.807) is 12.1 Å². The van der Waals surface area contributed by atoms with E-state index in [9.17, 15) is 0 Å². The Morgan fingerprint density at radius 2 is 2.22 bits per heavy atom. The molecule has 46 valence electrons. The first-order valence-electron chi connectivity index (χ1n) is 2.38. The van der Waals surface area contributed by atoms with Crippen LogP contribution in [-0.4, -0.2) is 0 Å². The van der Waals surface area contributed by atoms with Gasteiger partial charge in [-0.15, -0.1) is 6.07 Å². The van der Waals surface area contributed by atoms with Crippen molar-refractivity contribution in [3.8, 4) is 0 Å². The molecule has 0 spiro atoms. The Labute approximate surface area is 78.0 Å². The number of rotatable bonds is 0. The molecule has 0 fully saturated rings. The van der Waals surface area contributed by atoms with E-state index in [0.29, 0.717) is 5.69 Å². The van der Waals surface area contributed by atoms with Crippen molar-refractivity contribution in [1.82, 2.24) is 0 Å². The molecule has 0 radical (unpaired) electrons. The number of quaternary nitrogens is 1. The fraction of sp³-hybridized carbons (Fsp3) is 0. The summed E-state index contributed by atoms with van der Waals surface area (Å²) in [6, 6.07) is 8.21. The fourth-order valence-corrected chi connectivity index (χ4v) is 0.534. The van der Waals surface area contributed by atoms with Gasteiger partial charge >= 0.3 is 0 Å². The first kappa shape index (κ1) is 9.03. The molecule has 1 aromatic carbocycles. The second-order valence-electron chi connectivity index (χ2n) is 1.65. The van der Waals surface area contributed by atoms with Crippen LogP contribution in [0.2, 0.25) is 0 Å². The maximum Gasteiger partial charge on any atom is 0.0216 e. The van der Waals surface area contributed by atoms with Crippen LogP contribution >= 0.6 is 0 Å². The number of nitrogens with two attached hydrogens (primary N) is 1. The van der Waals surface area contributed by atoms with Crippen LogP contribution in [0.15, 0.2) is 18.2 Å². The van der Waals surface area contributed by atoms with E-state index in [0.717, 1.165) is 5.69 Å². The van der Waals surface area contributed by atoms with Gasteiger partial charge in [-0.25, -0.2) is 0 Å². The third kappa shape index (κ3) is 2.90. The van der Waals surface area contributed by atoms with E-state index in [2.05, 4.69) is 11.8 Å². The van der Waals surface area contributed by atoms with Crippen LogP contribution in [0.3, 0.4) is 0 Å². The van der Waals surface area contributed by atoms with Gasteiger partial charge in [-0.3, -0.25) is 0 Å². The normalized spacial score (nSPS) is 8.11. The summed E-state index contributed by atoms with van der Waals surface area (Å²) in [7, 11) is 0. The van der Waals surface area contributed by atoms with E-state index < -0.39 is 0 Å². The second-order valence-corrected chi connectivity index (χ2v) is 1.65. The maximum absolute atomic E-state index is 5.36. The van der Waals surface area contributed by atoms with Crippen molar-refractivity contribution < 1.29 is 36.8 Å². The molecule has 0 unspecified atom stereocenters. The molecule has 0 amide bonds. The summed E-state index contributed by atoms with van der Waals surface area (Å²) in [4.78, 5) is 0. The predicted octanol–water partition coefficient (Wildman–Crippen LogP) is -0.0576. The zero-order chi connectivity index (χ0) is 5.98. The van der Waals surface area contributed by atoms with Gasteiger partial charge in [0, 0.05) is 36.8 Å². The summed E-state index contributed by atoms with van der Waals surface area (Å²) >= 11 is 0. The van der Waals surface area contributed by atoms with Crippen molar-refractivity contribution in [2.24, 2.45) is 0 Å². The second kappa shape index (κ2) is 3.95. The van der Waals surface area contributed by atoms with Crippen LogP contribution in [0.1, 0.15) is 0 Å². The molecule has 0 aliphatic rings. The van der Waals surface area contributed by atoms with E-state index in [-0.39, 0.29) is 31.1 Å². The number of hydrogen-bond donors (Lipinski definition) is 2. The molecule has 1 rings (SSSR count). The van der Waals surface area contributed by atoms with Crippen LogP contribution in [0.25, 0.3) is 0 Å². The number of anilines is 1. The summed E-state index contributed by atoms with van der Waals surface area (Å²) in [5.41, 5.74) is 10.6. The van der Waals surface area contributed by atoms with Gasteiger partial charge in [0.25, 0.3) is 0 Å². The van der Waals surface area contributed by atoms with Gasteiger partial charge in [0.05, 0.1) is 0 Å². The largest absolute Gasteiger partial charge is 0.420 e. The summed E-state index contributed by atoms with van der Waals surface area (Å²) < 4.78 is 0. The number of benzene rings is 1. The minimum atomic E-state index is 0. The van der Waals surface area contributed by atoms with Crippen molar-refractivity contribution in [3.63, 3.8) is 0 Å². The fourth-order valence-electron chi connectivity index (χ4n) is 0.534. The number of nitrogen functional groups attached to an aromatic ring is 1. The Morgan fingerprint density at radius 3 is 2.56 bits per heavy atom. The van der Waals surface area contributed by atoms with E-state index >= 15 is 0 Å². The molecule has 0 saturated carbocycles. The first-order valence-corrected chi connectivity index (χ1v) is 2.38. The van der Waals surface area contributed by atoms with E-state index in [4.69, 9.17) is 5.73 Å². The molecule has 2 nitrogen and oxygen atoms in total. The predicted molar refractivity (Wildman–Crippen MR) is 32.2 cm³/mol. The Kier molecular flexibility index (Phi) is 3.96. The van der Waals surface area contributed by atoms with Gasteiger partial charge < -0.3 is 11.5 Å². The Morgan fingerprint density at radius 1 is 1.56 bits per heavy atom. The maximum atomic E-state index is 5.36. The standard InChI is InChI=1S/C6H7N2.U/c7-5-2-1-3-6(8)4-5;/h1-2,4H,7-8H2;/q-1;/p+1. The Bertz CT molecular complexity index is 171. The third-order valence-electron chi connectivity index (χ3n) is 0.888. The number of hydrogen-bond acceptors (Lipinski definition) is 1. The minimum Gasteiger partial charge on any atom is -0.420 e. The van der Waals surface area contributed by atoms with Crippen LogP contribution in [0, 0.1) is 37.2 Å². The van der Waals surface area contributed by atoms with E-state index in [1.165, 1.54) is 0 Å².